The van der Waals surface area contributed by atoms with Gasteiger partial charge in [-0.3, -0.25) is 9.69 Å². The standard InChI is InChI=1S/C12H16Cl2N4O2/c13-10-9(11(14)17-8-16-10)12(19)15-2-1-3-18-4-6-20-7-5-18/h8H,1-7H2,(H,15,19). The molecule has 110 valence electrons. The number of carbonyl (C=O) groups excluding carboxylic acids is 1. The zero-order valence-corrected chi connectivity index (χ0v) is 12.5. The maximum atomic E-state index is 11.9. The van der Waals surface area contributed by atoms with E-state index in [1.54, 1.807) is 0 Å². The van der Waals surface area contributed by atoms with Gasteiger partial charge in [0.15, 0.2) is 0 Å². The summed E-state index contributed by atoms with van der Waals surface area (Å²) >= 11 is 11.7. The Morgan fingerprint density at radius 2 is 1.95 bits per heavy atom. The Hall–Kier alpha value is -0.950. The van der Waals surface area contributed by atoms with Crippen molar-refractivity contribution in [1.82, 2.24) is 20.2 Å². The van der Waals surface area contributed by atoms with Gasteiger partial charge in [0.05, 0.1) is 13.2 Å². The van der Waals surface area contributed by atoms with Crippen molar-refractivity contribution in [2.24, 2.45) is 0 Å². The van der Waals surface area contributed by atoms with Crippen LogP contribution in [0.4, 0.5) is 0 Å². The van der Waals surface area contributed by atoms with Crippen molar-refractivity contribution in [2.75, 3.05) is 39.4 Å². The summed E-state index contributed by atoms with van der Waals surface area (Å²) in [5.74, 6) is -0.345. The van der Waals surface area contributed by atoms with Crippen LogP contribution in [-0.4, -0.2) is 60.2 Å². The minimum Gasteiger partial charge on any atom is -0.379 e. The zero-order chi connectivity index (χ0) is 14.4. The Bertz CT molecular complexity index is 447. The summed E-state index contributed by atoms with van der Waals surface area (Å²) in [5, 5.41) is 2.91. The molecule has 0 radical (unpaired) electrons. The van der Waals surface area contributed by atoms with Gasteiger partial charge in [-0.2, -0.15) is 0 Å². The molecule has 1 aromatic heterocycles. The first-order chi connectivity index (χ1) is 9.68. The van der Waals surface area contributed by atoms with Crippen molar-refractivity contribution in [2.45, 2.75) is 6.42 Å². The number of nitrogens with zero attached hydrogens (tertiary/aromatic N) is 3. The van der Waals surface area contributed by atoms with E-state index in [1.165, 1.54) is 6.33 Å². The lowest BCUT2D eigenvalue weighted by Crippen LogP contribution is -2.38. The Kier molecular flexibility index (Phi) is 5.97. The molecule has 1 aliphatic rings. The molecule has 0 aliphatic carbocycles. The molecule has 1 fully saturated rings. The van der Waals surface area contributed by atoms with Crippen molar-refractivity contribution in [1.29, 1.82) is 0 Å². The molecule has 0 atom stereocenters. The van der Waals surface area contributed by atoms with E-state index < -0.39 is 0 Å². The highest BCUT2D eigenvalue weighted by Gasteiger charge is 2.16. The molecule has 1 aromatic rings. The van der Waals surface area contributed by atoms with E-state index in [-0.39, 0.29) is 21.8 Å². The van der Waals surface area contributed by atoms with E-state index >= 15 is 0 Å². The average molecular weight is 319 g/mol. The lowest BCUT2D eigenvalue weighted by atomic mass is 10.3. The summed E-state index contributed by atoms with van der Waals surface area (Å²) in [6.45, 7) is 4.92. The quantitative estimate of drug-likeness (QED) is 0.653. The average Bonchev–Trinajstić information content (AvgIpc) is 2.44. The molecule has 1 saturated heterocycles. The lowest BCUT2D eigenvalue weighted by molar-refractivity contribution is 0.0374. The second-order valence-corrected chi connectivity index (χ2v) is 5.11. The Morgan fingerprint density at radius 3 is 2.60 bits per heavy atom. The number of carbonyl (C=O) groups is 1. The first-order valence-electron chi connectivity index (χ1n) is 6.43. The summed E-state index contributed by atoms with van der Waals surface area (Å²) in [4.78, 5) is 21.7. The molecule has 0 unspecified atom stereocenters. The highest BCUT2D eigenvalue weighted by atomic mass is 35.5. The van der Waals surface area contributed by atoms with Crippen molar-refractivity contribution < 1.29 is 9.53 Å². The van der Waals surface area contributed by atoms with Crippen LogP contribution in [0.3, 0.4) is 0 Å². The fraction of sp³-hybridized carbons (Fsp3) is 0.583. The van der Waals surface area contributed by atoms with E-state index in [4.69, 9.17) is 27.9 Å². The fourth-order valence-corrected chi connectivity index (χ4v) is 2.44. The van der Waals surface area contributed by atoms with Gasteiger partial charge in [0.1, 0.15) is 22.2 Å². The maximum Gasteiger partial charge on any atom is 0.257 e. The van der Waals surface area contributed by atoms with Gasteiger partial charge >= 0.3 is 0 Å². The first-order valence-corrected chi connectivity index (χ1v) is 7.18. The molecule has 1 aliphatic heterocycles. The van der Waals surface area contributed by atoms with Gasteiger partial charge in [0.25, 0.3) is 5.91 Å². The van der Waals surface area contributed by atoms with Crippen molar-refractivity contribution in [3.8, 4) is 0 Å². The minimum atomic E-state index is -0.345. The second kappa shape index (κ2) is 7.73. The van der Waals surface area contributed by atoms with Gasteiger partial charge in [0.2, 0.25) is 0 Å². The summed E-state index contributed by atoms with van der Waals surface area (Å²) < 4.78 is 5.27. The number of hydrogen-bond donors (Lipinski definition) is 1. The molecule has 20 heavy (non-hydrogen) atoms. The maximum absolute atomic E-state index is 11.9. The van der Waals surface area contributed by atoms with Crippen molar-refractivity contribution in [3.63, 3.8) is 0 Å². The number of nitrogens with one attached hydrogen (secondary N) is 1. The van der Waals surface area contributed by atoms with Gasteiger partial charge in [0, 0.05) is 19.6 Å². The van der Waals surface area contributed by atoms with E-state index in [1.807, 2.05) is 0 Å². The molecule has 1 N–H and O–H groups in total. The lowest BCUT2D eigenvalue weighted by Gasteiger charge is -2.26. The Morgan fingerprint density at radius 1 is 1.30 bits per heavy atom. The van der Waals surface area contributed by atoms with E-state index in [9.17, 15) is 4.79 Å². The number of halogens is 2. The van der Waals surface area contributed by atoms with Crippen molar-refractivity contribution in [3.05, 3.63) is 22.2 Å². The summed E-state index contributed by atoms with van der Waals surface area (Å²) in [6.07, 6.45) is 2.08. The molecule has 0 bridgehead atoms. The van der Waals surface area contributed by atoms with E-state index in [0.29, 0.717) is 6.54 Å². The van der Waals surface area contributed by atoms with Crippen molar-refractivity contribution >= 4 is 29.1 Å². The summed E-state index contributed by atoms with van der Waals surface area (Å²) in [7, 11) is 0. The summed E-state index contributed by atoms with van der Waals surface area (Å²) in [5.41, 5.74) is 0.127. The van der Waals surface area contributed by atoms with Crippen LogP contribution in [0.5, 0.6) is 0 Å². The van der Waals surface area contributed by atoms with Crippen LogP contribution < -0.4 is 5.32 Å². The molecule has 2 heterocycles. The number of morpholine rings is 1. The third-order valence-corrected chi connectivity index (χ3v) is 3.60. The van der Waals surface area contributed by atoms with Crippen LogP contribution in [0.1, 0.15) is 16.8 Å². The number of amides is 1. The van der Waals surface area contributed by atoms with Crippen LogP contribution in [0, 0.1) is 0 Å². The number of hydrogen-bond acceptors (Lipinski definition) is 5. The smallest absolute Gasteiger partial charge is 0.257 e. The summed E-state index contributed by atoms with van der Waals surface area (Å²) in [6, 6.07) is 0. The van der Waals surface area contributed by atoms with Crippen LogP contribution in [-0.2, 0) is 4.74 Å². The molecule has 1 amide bonds. The van der Waals surface area contributed by atoms with Crippen LogP contribution in [0.2, 0.25) is 10.3 Å². The molecule has 0 saturated carbocycles. The zero-order valence-electron chi connectivity index (χ0n) is 10.9. The molecule has 0 spiro atoms. The first kappa shape index (κ1) is 15.4. The second-order valence-electron chi connectivity index (χ2n) is 4.39. The van der Waals surface area contributed by atoms with Gasteiger partial charge in [-0.05, 0) is 13.0 Å². The van der Waals surface area contributed by atoms with Crippen LogP contribution >= 0.6 is 23.2 Å². The SMILES string of the molecule is O=C(NCCCN1CCOCC1)c1c(Cl)ncnc1Cl. The fourth-order valence-electron chi connectivity index (χ4n) is 1.95. The highest BCUT2D eigenvalue weighted by Crippen LogP contribution is 2.19. The highest BCUT2D eigenvalue weighted by molar-refractivity contribution is 6.38. The molecule has 0 aromatic carbocycles. The normalized spacial score (nSPS) is 16.1. The van der Waals surface area contributed by atoms with Crippen LogP contribution in [0.25, 0.3) is 0 Å². The monoisotopic (exact) mass is 318 g/mol. The topological polar surface area (TPSA) is 67.4 Å². The number of rotatable bonds is 5. The van der Waals surface area contributed by atoms with Gasteiger partial charge in [-0.15, -0.1) is 0 Å². The molecular formula is C12H16Cl2N4O2. The predicted molar refractivity (Wildman–Crippen MR) is 76.3 cm³/mol. The number of ether oxygens (including phenoxy) is 1. The van der Waals surface area contributed by atoms with E-state index in [0.717, 1.165) is 39.3 Å². The third kappa shape index (κ3) is 4.28. The molecule has 2 rings (SSSR count). The number of aromatic nitrogens is 2. The van der Waals surface area contributed by atoms with Gasteiger partial charge < -0.3 is 10.1 Å². The molecular weight excluding hydrogens is 303 g/mol. The Balaban J connectivity index is 1.75. The third-order valence-electron chi connectivity index (χ3n) is 3.02. The largest absolute Gasteiger partial charge is 0.379 e. The van der Waals surface area contributed by atoms with Crippen LogP contribution in [0.15, 0.2) is 6.33 Å². The molecule has 6 nitrogen and oxygen atoms in total. The predicted octanol–water partition coefficient (Wildman–Crippen LogP) is 1.24. The Labute approximate surface area is 127 Å². The van der Waals surface area contributed by atoms with Gasteiger partial charge in [-0.1, -0.05) is 23.2 Å². The van der Waals surface area contributed by atoms with E-state index in [2.05, 4.69) is 20.2 Å². The minimum absolute atomic E-state index is 0.0654. The van der Waals surface area contributed by atoms with Gasteiger partial charge in [-0.25, -0.2) is 9.97 Å². The molecule has 8 heteroatoms.